The fraction of sp³-hybridized carbons (Fsp3) is 0.188. The van der Waals surface area contributed by atoms with Gasteiger partial charge in [0.2, 0.25) is 0 Å². The Hall–Kier alpha value is -2.24. The summed E-state index contributed by atoms with van der Waals surface area (Å²) >= 11 is 6.14. The number of halogens is 1. The van der Waals surface area contributed by atoms with E-state index in [0.29, 0.717) is 29.0 Å². The molecule has 0 fully saturated rings. The van der Waals surface area contributed by atoms with Gasteiger partial charge in [-0.1, -0.05) is 17.7 Å². The number of nitrogens with one attached hydrogen (secondary N) is 2. The molecule has 0 atom stereocenters. The maximum absolute atomic E-state index is 12.1. The number of rotatable bonds is 4. The lowest BCUT2D eigenvalue weighted by atomic mass is 10.2. The van der Waals surface area contributed by atoms with Crippen molar-refractivity contribution in [2.45, 2.75) is 20.0 Å². The first-order valence-electron chi connectivity index (χ1n) is 6.92. The summed E-state index contributed by atoms with van der Waals surface area (Å²) < 4.78 is 0. The maximum Gasteiger partial charge on any atom is 0.189 e. The van der Waals surface area contributed by atoms with Gasteiger partial charge in [-0.25, -0.2) is 0 Å². The Bertz CT molecular complexity index is 858. The minimum Gasteiger partial charge on any atom is -0.356 e. The average Bonchev–Trinajstić information content (AvgIpc) is 2.50. The van der Waals surface area contributed by atoms with E-state index in [0.717, 1.165) is 17.1 Å². The Morgan fingerprint density at radius 1 is 1.23 bits per heavy atom. The van der Waals surface area contributed by atoms with Crippen molar-refractivity contribution in [3.63, 3.8) is 0 Å². The fourth-order valence-electron chi connectivity index (χ4n) is 2.22. The van der Waals surface area contributed by atoms with Crippen LogP contribution in [0.4, 0.5) is 0 Å². The van der Waals surface area contributed by atoms with Crippen molar-refractivity contribution in [2.75, 3.05) is 0 Å². The van der Waals surface area contributed by atoms with Crippen molar-refractivity contribution in [1.82, 2.24) is 20.3 Å². The highest BCUT2D eigenvalue weighted by atomic mass is 35.5. The van der Waals surface area contributed by atoms with Crippen molar-refractivity contribution in [3.8, 4) is 0 Å². The number of hydrogen-bond donors (Lipinski definition) is 2. The minimum atomic E-state index is -0.0387. The van der Waals surface area contributed by atoms with Gasteiger partial charge in [0.05, 0.1) is 21.9 Å². The molecule has 2 heterocycles. The lowest BCUT2D eigenvalue weighted by Crippen LogP contribution is -2.17. The van der Waals surface area contributed by atoms with Crippen LogP contribution in [0, 0.1) is 6.92 Å². The summed E-state index contributed by atoms with van der Waals surface area (Å²) in [5.74, 6) is 0. The van der Waals surface area contributed by atoms with Crippen LogP contribution in [-0.4, -0.2) is 15.0 Å². The summed E-state index contributed by atoms with van der Waals surface area (Å²) in [5, 5.41) is 4.37. The molecule has 112 valence electrons. The molecule has 2 aromatic heterocycles. The first-order valence-corrected chi connectivity index (χ1v) is 7.30. The molecule has 0 radical (unpaired) electrons. The summed E-state index contributed by atoms with van der Waals surface area (Å²) in [7, 11) is 0. The molecule has 0 bridgehead atoms. The van der Waals surface area contributed by atoms with Crippen LogP contribution in [0.15, 0.2) is 41.5 Å². The number of nitrogens with zero attached hydrogens (tertiary/aromatic N) is 2. The lowest BCUT2D eigenvalue weighted by Gasteiger charge is -2.07. The number of hydrogen-bond acceptors (Lipinski definition) is 4. The zero-order valence-electron chi connectivity index (χ0n) is 12.1. The van der Waals surface area contributed by atoms with Crippen LogP contribution in [-0.2, 0) is 13.1 Å². The molecular formula is C16H15ClN4O. The Labute approximate surface area is 132 Å². The zero-order chi connectivity index (χ0) is 15.5. The van der Waals surface area contributed by atoms with Crippen LogP contribution in [0.3, 0.4) is 0 Å². The standard InChI is InChI=1S/C16H15ClN4O/c1-10-6-20-12(9-19-10)8-18-7-11-5-15(22)13-3-2-4-14(17)16(13)21-11/h2-6,9,18H,7-8H2,1H3,(H,21,22). The van der Waals surface area contributed by atoms with Gasteiger partial charge >= 0.3 is 0 Å². The first kappa shape index (κ1) is 14.7. The van der Waals surface area contributed by atoms with Gasteiger partial charge in [-0.2, -0.15) is 0 Å². The molecule has 22 heavy (non-hydrogen) atoms. The van der Waals surface area contributed by atoms with Gasteiger partial charge in [-0.3, -0.25) is 14.8 Å². The van der Waals surface area contributed by atoms with Crippen LogP contribution >= 0.6 is 11.6 Å². The molecule has 2 N–H and O–H groups in total. The smallest absolute Gasteiger partial charge is 0.189 e. The largest absolute Gasteiger partial charge is 0.356 e. The average molecular weight is 315 g/mol. The first-order chi connectivity index (χ1) is 10.6. The highest BCUT2D eigenvalue weighted by Gasteiger charge is 2.05. The molecule has 3 rings (SSSR count). The molecule has 0 aliphatic rings. The number of aryl methyl sites for hydroxylation is 1. The third-order valence-corrected chi connectivity index (χ3v) is 3.64. The van der Waals surface area contributed by atoms with E-state index in [4.69, 9.17) is 11.6 Å². The Balaban J connectivity index is 1.75. The third-order valence-electron chi connectivity index (χ3n) is 3.33. The predicted molar refractivity (Wildman–Crippen MR) is 86.9 cm³/mol. The quantitative estimate of drug-likeness (QED) is 0.776. The van der Waals surface area contributed by atoms with Crippen LogP contribution in [0.1, 0.15) is 17.1 Å². The Kier molecular flexibility index (Phi) is 4.18. The molecule has 0 unspecified atom stereocenters. The summed E-state index contributed by atoms with van der Waals surface area (Å²) in [6.07, 6.45) is 3.47. The summed E-state index contributed by atoms with van der Waals surface area (Å²) in [5.41, 5.74) is 3.15. The second kappa shape index (κ2) is 6.25. The number of fused-ring (bicyclic) bond motifs is 1. The van der Waals surface area contributed by atoms with Gasteiger partial charge < -0.3 is 10.3 Å². The number of aromatic nitrogens is 3. The topological polar surface area (TPSA) is 70.7 Å². The van der Waals surface area contributed by atoms with Crippen molar-refractivity contribution in [1.29, 1.82) is 0 Å². The number of benzene rings is 1. The van der Waals surface area contributed by atoms with Crippen LogP contribution in [0.2, 0.25) is 5.02 Å². The van der Waals surface area contributed by atoms with E-state index in [9.17, 15) is 4.79 Å². The molecule has 1 aromatic carbocycles. The van der Waals surface area contributed by atoms with Crippen molar-refractivity contribution >= 4 is 22.5 Å². The van der Waals surface area contributed by atoms with Gasteiger partial charge in [0.15, 0.2) is 5.43 Å². The van der Waals surface area contributed by atoms with E-state index in [1.807, 2.05) is 6.92 Å². The molecule has 0 aliphatic carbocycles. The SMILES string of the molecule is Cc1cnc(CNCc2cc(=O)c3cccc(Cl)c3[nH]2)cn1. The van der Waals surface area contributed by atoms with E-state index in [1.165, 1.54) is 0 Å². The Morgan fingerprint density at radius 3 is 2.86 bits per heavy atom. The lowest BCUT2D eigenvalue weighted by molar-refractivity contribution is 0.665. The van der Waals surface area contributed by atoms with Crippen LogP contribution in [0.25, 0.3) is 10.9 Å². The molecule has 5 nitrogen and oxygen atoms in total. The number of para-hydroxylation sites is 1. The Morgan fingerprint density at radius 2 is 2.09 bits per heavy atom. The van der Waals surface area contributed by atoms with Crippen LogP contribution < -0.4 is 10.7 Å². The summed E-state index contributed by atoms with van der Waals surface area (Å²) in [6, 6.07) is 6.89. The van der Waals surface area contributed by atoms with Gasteiger partial charge in [0, 0.05) is 42.6 Å². The van der Waals surface area contributed by atoms with Gasteiger partial charge in [0.25, 0.3) is 0 Å². The maximum atomic E-state index is 12.1. The van der Waals surface area contributed by atoms with Gasteiger partial charge in [-0.15, -0.1) is 0 Å². The molecule has 0 saturated carbocycles. The monoisotopic (exact) mass is 314 g/mol. The second-order valence-electron chi connectivity index (χ2n) is 5.07. The molecule has 0 aliphatic heterocycles. The summed E-state index contributed by atoms with van der Waals surface area (Å²) in [4.78, 5) is 23.8. The highest BCUT2D eigenvalue weighted by Crippen LogP contribution is 2.18. The third kappa shape index (κ3) is 3.16. The second-order valence-corrected chi connectivity index (χ2v) is 5.48. The van der Waals surface area contributed by atoms with Crippen molar-refractivity contribution in [3.05, 3.63) is 69.0 Å². The zero-order valence-corrected chi connectivity index (χ0v) is 12.8. The minimum absolute atomic E-state index is 0.0387. The number of pyridine rings is 1. The number of aromatic amines is 1. The normalized spacial score (nSPS) is 11.0. The van der Waals surface area contributed by atoms with Crippen LogP contribution in [0.5, 0.6) is 0 Å². The van der Waals surface area contributed by atoms with E-state index in [1.54, 1.807) is 36.7 Å². The molecule has 0 saturated heterocycles. The molecule has 0 amide bonds. The van der Waals surface area contributed by atoms with Crippen molar-refractivity contribution in [2.24, 2.45) is 0 Å². The van der Waals surface area contributed by atoms with E-state index >= 15 is 0 Å². The van der Waals surface area contributed by atoms with Gasteiger partial charge in [0.1, 0.15) is 0 Å². The fourth-order valence-corrected chi connectivity index (χ4v) is 2.44. The van der Waals surface area contributed by atoms with Gasteiger partial charge in [-0.05, 0) is 19.1 Å². The van der Waals surface area contributed by atoms with E-state index < -0.39 is 0 Å². The van der Waals surface area contributed by atoms with Crippen molar-refractivity contribution < 1.29 is 0 Å². The number of H-pyrrole nitrogens is 1. The molecule has 3 aromatic rings. The molecule has 6 heteroatoms. The summed E-state index contributed by atoms with van der Waals surface area (Å²) in [6.45, 7) is 3.00. The molecule has 0 spiro atoms. The molecular weight excluding hydrogens is 300 g/mol. The van der Waals surface area contributed by atoms with E-state index in [-0.39, 0.29) is 5.43 Å². The highest BCUT2D eigenvalue weighted by molar-refractivity contribution is 6.35. The van der Waals surface area contributed by atoms with E-state index in [2.05, 4.69) is 20.3 Å². The predicted octanol–water partition coefficient (Wildman–Crippen LogP) is 2.57.